The Kier molecular flexibility index (Phi) is 4.20. The molecule has 0 spiro atoms. The maximum Gasteiger partial charge on any atom is 0.256 e. The van der Waals surface area contributed by atoms with Crippen LogP contribution in [0.4, 0.5) is 4.39 Å². The van der Waals surface area contributed by atoms with E-state index >= 15 is 0 Å². The first-order valence-corrected chi connectivity index (χ1v) is 8.20. The average Bonchev–Trinajstić information content (AvgIpc) is 2.87. The molecule has 0 radical (unpaired) electrons. The fraction of sp³-hybridized carbons (Fsp3) is 0.438. The van der Waals surface area contributed by atoms with Crippen LogP contribution in [0.1, 0.15) is 44.7 Å². The number of hydrogen-bond acceptors (Lipinski definition) is 4. The third-order valence-corrected chi connectivity index (χ3v) is 5.34. The summed E-state index contributed by atoms with van der Waals surface area (Å²) in [6.45, 7) is 5.34. The highest BCUT2D eigenvalue weighted by molar-refractivity contribution is 7.11. The van der Waals surface area contributed by atoms with E-state index in [1.807, 2.05) is 6.92 Å². The molecule has 116 valence electrons. The molecular weight excluding hydrogens is 301 g/mol. The number of hydrogen-bond donors (Lipinski definition) is 0. The maximum atomic E-state index is 13.8. The van der Waals surface area contributed by atoms with Crippen LogP contribution in [0, 0.1) is 19.7 Å². The van der Waals surface area contributed by atoms with Crippen molar-refractivity contribution in [3.8, 4) is 0 Å². The van der Waals surface area contributed by atoms with Crippen LogP contribution in [-0.4, -0.2) is 33.9 Å². The first-order valence-electron chi connectivity index (χ1n) is 7.39. The number of nitrogens with zero attached hydrogens (tertiary/aromatic N) is 3. The zero-order valence-corrected chi connectivity index (χ0v) is 13.5. The summed E-state index contributed by atoms with van der Waals surface area (Å²) in [6.07, 6.45) is 4.48. The Morgan fingerprint density at radius 3 is 2.95 bits per heavy atom. The topological polar surface area (TPSA) is 46.1 Å². The number of carbonyl (C=O) groups excluding carboxylic acids is 1. The number of piperidine rings is 1. The van der Waals surface area contributed by atoms with Crippen molar-refractivity contribution in [1.29, 1.82) is 0 Å². The SMILES string of the molecule is Cc1nc(C2CCCN(C(=O)c3ccncc3F)C2)sc1C. The van der Waals surface area contributed by atoms with Gasteiger partial charge in [0.05, 0.1) is 22.5 Å². The second-order valence-corrected chi connectivity index (χ2v) is 6.87. The molecule has 0 bridgehead atoms. The van der Waals surface area contributed by atoms with E-state index in [0.717, 1.165) is 29.7 Å². The minimum Gasteiger partial charge on any atom is -0.338 e. The van der Waals surface area contributed by atoms with Gasteiger partial charge in [0.1, 0.15) is 0 Å². The van der Waals surface area contributed by atoms with Crippen molar-refractivity contribution in [3.63, 3.8) is 0 Å². The lowest BCUT2D eigenvalue weighted by molar-refractivity contribution is 0.0702. The van der Waals surface area contributed by atoms with Gasteiger partial charge in [-0.2, -0.15) is 0 Å². The molecule has 0 aliphatic carbocycles. The second kappa shape index (κ2) is 6.12. The lowest BCUT2D eigenvalue weighted by atomic mass is 9.98. The zero-order chi connectivity index (χ0) is 15.7. The Labute approximate surface area is 133 Å². The molecule has 22 heavy (non-hydrogen) atoms. The summed E-state index contributed by atoms with van der Waals surface area (Å²) < 4.78 is 13.8. The molecule has 3 rings (SSSR count). The predicted molar refractivity (Wildman–Crippen MR) is 83.7 cm³/mol. The monoisotopic (exact) mass is 319 g/mol. The number of likely N-dealkylation sites (tertiary alicyclic amines) is 1. The van der Waals surface area contributed by atoms with Gasteiger partial charge in [0.25, 0.3) is 5.91 Å². The first-order chi connectivity index (χ1) is 10.6. The van der Waals surface area contributed by atoms with Gasteiger partial charge < -0.3 is 4.90 Å². The second-order valence-electron chi connectivity index (χ2n) is 5.64. The largest absolute Gasteiger partial charge is 0.338 e. The molecule has 0 N–H and O–H groups in total. The summed E-state index contributed by atoms with van der Waals surface area (Å²) in [5, 5.41) is 1.09. The van der Waals surface area contributed by atoms with E-state index in [4.69, 9.17) is 0 Å². The van der Waals surface area contributed by atoms with Gasteiger partial charge in [-0.1, -0.05) is 0 Å². The Morgan fingerprint density at radius 2 is 2.27 bits per heavy atom. The number of halogens is 1. The smallest absolute Gasteiger partial charge is 0.256 e. The van der Waals surface area contributed by atoms with Crippen molar-refractivity contribution in [2.75, 3.05) is 13.1 Å². The van der Waals surface area contributed by atoms with E-state index in [2.05, 4.69) is 16.9 Å². The van der Waals surface area contributed by atoms with Gasteiger partial charge in [-0.15, -0.1) is 11.3 Å². The Hall–Kier alpha value is -1.82. The molecule has 2 aromatic heterocycles. The van der Waals surface area contributed by atoms with Crippen molar-refractivity contribution < 1.29 is 9.18 Å². The van der Waals surface area contributed by atoms with Gasteiger partial charge in [-0.3, -0.25) is 9.78 Å². The van der Waals surface area contributed by atoms with Crippen LogP contribution in [0.5, 0.6) is 0 Å². The fourth-order valence-electron chi connectivity index (χ4n) is 2.75. The highest BCUT2D eigenvalue weighted by Gasteiger charge is 2.28. The summed E-state index contributed by atoms with van der Waals surface area (Å²) in [6, 6.07) is 1.44. The summed E-state index contributed by atoms with van der Waals surface area (Å²) in [5.74, 6) is -0.565. The standard InChI is InChI=1S/C16H18FN3OS/c1-10-11(2)22-15(19-10)12-4-3-7-20(9-12)16(21)13-5-6-18-8-14(13)17/h5-6,8,12H,3-4,7,9H2,1-2H3. The van der Waals surface area contributed by atoms with Crippen LogP contribution < -0.4 is 0 Å². The van der Waals surface area contributed by atoms with Crippen molar-refractivity contribution in [2.45, 2.75) is 32.6 Å². The average molecular weight is 319 g/mol. The Balaban J connectivity index is 1.78. The molecule has 1 aliphatic heterocycles. The molecule has 1 atom stereocenters. The zero-order valence-electron chi connectivity index (χ0n) is 12.7. The van der Waals surface area contributed by atoms with Crippen LogP contribution >= 0.6 is 11.3 Å². The van der Waals surface area contributed by atoms with E-state index in [9.17, 15) is 9.18 Å². The van der Waals surface area contributed by atoms with Crippen LogP contribution in [0.15, 0.2) is 18.5 Å². The highest BCUT2D eigenvalue weighted by Crippen LogP contribution is 2.31. The number of carbonyl (C=O) groups is 1. The Bertz CT molecular complexity index is 681. The maximum absolute atomic E-state index is 13.8. The van der Waals surface area contributed by atoms with Crippen LogP contribution in [-0.2, 0) is 0 Å². The van der Waals surface area contributed by atoms with Crippen molar-refractivity contribution in [1.82, 2.24) is 14.9 Å². The molecule has 2 aromatic rings. The molecule has 0 aromatic carbocycles. The minimum absolute atomic E-state index is 0.0992. The van der Waals surface area contributed by atoms with E-state index in [1.165, 1.54) is 17.1 Å². The van der Waals surface area contributed by atoms with Gasteiger partial charge in [0, 0.05) is 30.1 Å². The minimum atomic E-state index is -0.560. The number of amides is 1. The molecule has 6 heteroatoms. The summed E-state index contributed by atoms with van der Waals surface area (Å²) >= 11 is 1.70. The summed E-state index contributed by atoms with van der Waals surface area (Å²) in [7, 11) is 0. The molecule has 4 nitrogen and oxygen atoms in total. The van der Waals surface area contributed by atoms with Crippen LogP contribution in [0.2, 0.25) is 0 Å². The van der Waals surface area contributed by atoms with Gasteiger partial charge >= 0.3 is 0 Å². The molecule has 1 fully saturated rings. The van der Waals surface area contributed by atoms with E-state index < -0.39 is 5.82 Å². The number of thiazole rings is 1. The van der Waals surface area contributed by atoms with Crippen molar-refractivity contribution >= 4 is 17.2 Å². The lowest BCUT2D eigenvalue weighted by Gasteiger charge is -2.32. The number of aryl methyl sites for hydroxylation is 2. The molecule has 3 heterocycles. The number of rotatable bonds is 2. The molecule has 1 unspecified atom stereocenters. The van der Waals surface area contributed by atoms with Gasteiger partial charge in [0.15, 0.2) is 5.82 Å². The summed E-state index contributed by atoms with van der Waals surface area (Å²) in [4.78, 5) is 23.8. The third-order valence-electron chi connectivity index (χ3n) is 4.11. The Morgan fingerprint density at radius 1 is 1.45 bits per heavy atom. The van der Waals surface area contributed by atoms with E-state index in [1.54, 1.807) is 16.2 Å². The van der Waals surface area contributed by atoms with Gasteiger partial charge in [0.2, 0.25) is 0 Å². The van der Waals surface area contributed by atoms with Crippen molar-refractivity contribution in [3.05, 3.63) is 45.4 Å². The highest BCUT2D eigenvalue weighted by atomic mass is 32.1. The van der Waals surface area contributed by atoms with E-state index in [0.29, 0.717) is 13.1 Å². The molecular formula is C16H18FN3OS. The van der Waals surface area contributed by atoms with Crippen LogP contribution in [0.25, 0.3) is 0 Å². The summed E-state index contributed by atoms with van der Waals surface area (Å²) in [5.41, 5.74) is 1.16. The molecule has 1 amide bonds. The number of pyridine rings is 1. The predicted octanol–water partition coefficient (Wildman–Crippen LogP) is 3.31. The molecule has 1 aliphatic rings. The van der Waals surface area contributed by atoms with Crippen molar-refractivity contribution in [2.24, 2.45) is 0 Å². The van der Waals surface area contributed by atoms with Gasteiger partial charge in [-0.25, -0.2) is 9.37 Å². The van der Waals surface area contributed by atoms with E-state index in [-0.39, 0.29) is 17.4 Å². The normalized spacial score (nSPS) is 18.5. The van der Waals surface area contributed by atoms with Crippen LogP contribution in [0.3, 0.4) is 0 Å². The molecule has 1 saturated heterocycles. The third kappa shape index (κ3) is 2.88. The lowest BCUT2D eigenvalue weighted by Crippen LogP contribution is -2.39. The fourth-order valence-corrected chi connectivity index (χ4v) is 3.80. The molecule has 0 saturated carbocycles. The van der Waals surface area contributed by atoms with Gasteiger partial charge in [-0.05, 0) is 32.8 Å². The quantitative estimate of drug-likeness (QED) is 0.853. The number of aromatic nitrogens is 2. The first kappa shape index (κ1) is 15.1.